The predicted octanol–water partition coefficient (Wildman–Crippen LogP) is 2.53. The molecule has 2 rings (SSSR count). The van der Waals surface area contributed by atoms with Crippen molar-refractivity contribution < 1.29 is 19.1 Å². The summed E-state index contributed by atoms with van der Waals surface area (Å²) < 4.78 is 10.4. The Morgan fingerprint density at radius 2 is 1.83 bits per heavy atom. The first-order valence-corrected chi connectivity index (χ1v) is 7.85. The van der Waals surface area contributed by atoms with Crippen molar-refractivity contribution in [3.8, 4) is 0 Å². The van der Waals surface area contributed by atoms with Crippen LogP contribution in [0.4, 0.5) is 0 Å². The molecule has 1 saturated heterocycles. The van der Waals surface area contributed by atoms with Gasteiger partial charge in [-0.2, -0.15) is 0 Å². The van der Waals surface area contributed by atoms with Gasteiger partial charge in [-0.3, -0.25) is 14.9 Å². The van der Waals surface area contributed by atoms with E-state index in [0.717, 1.165) is 11.1 Å². The zero-order chi connectivity index (χ0) is 17.2. The molecule has 0 radical (unpaired) electrons. The number of benzene rings is 1. The summed E-state index contributed by atoms with van der Waals surface area (Å²) in [6.07, 6.45) is 0.376. The van der Waals surface area contributed by atoms with Crippen molar-refractivity contribution in [1.29, 1.82) is 0 Å². The van der Waals surface area contributed by atoms with E-state index < -0.39 is 17.6 Å². The van der Waals surface area contributed by atoms with Crippen LogP contribution in [0.25, 0.3) is 0 Å². The van der Waals surface area contributed by atoms with Crippen molar-refractivity contribution in [2.24, 2.45) is 5.92 Å². The number of esters is 2. The number of methoxy groups -OCH3 is 1. The Hall–Kier alpha value is -1.88. The van der Waals surface area contributed by atoms with Crippen LogP contribution >= 0.6 is 0 Å². The van der Waals surface area contributed by atoms with Crippen LogP contribution < -0.4 is 5.32 Å². The molecule has 5 heteroatoms. The summed E-state index contributed by atoms with van der Waals surface area (Å²) in [6.45, 7) is 7.52. The average Bonchev–Trinajstić information content (AvgIpc) is 2.90. The Morgan fingerprint density at radius 3 is 2.39 bits per heavy atom. The number of carbonyl (C=O) groups excluding carboxylic acids is 2. The van der Waals surface area contributed by atoms with Gasteiger partial charge in [-0.15, -0.1) is 0 Å². The summed E-state index contributed by atoms with van der Waals surface area (Å²) in [4.78, 5) is 24.5. The highest BCUT2D eigenvalue weighted by Gasteiger charge is 2.44. The Labute approximate surface area is 137 Å². The highest BCUT2D eigenvalue weighted by Crippen LogP contribution is 2.36. The maximum Gasteiger partial charge on any atom is 0.322 e. The van der Waals surface area contributed by atoms with Gasteiger partial charge in [0.1, 0.15) is 11.6 Å². The molecule has 23 heavy (non-hydrogen) atoms. The normalized spacial score (nSPS) is 24.3. The van der Waals surface area contributed by atoms with Crippen molar-refractivity contribution in [3.05, 3.63) is 35.4 Å². The maximum atomic E-state index is 12.6. The molecule has 1 heterocycles. The summed E-state index contributed by atoms with van der Waals surface area (Å²) in [7, 11) is 1.35. The number of rotatable bonds is 3. The number of hydrogen-bond acceptors (Lipinski definition) is 5. The number of nitrogens with one attached hydrogen (secondary N) is 1. The SMILES string of the molecule is COC(=O)[C@@H]1C[C@H](C(=O)OC(C)(C)C)[C@H](c2ccccc2C)N1. The molecule has 0 bridgehead atoms. The van der Waals surface area contributed by atoms with Crippen LogP contribution in [0.3, 0.4) is 0 Å². The molecule has 1 aromatic carbocycles. The van der Waals surface area contributed by atoms with Crippen LogP contribution in [-0.4, -0.2) is 30.7 Å². The highest BCUT2D eigenvalue weighted by atomic mass is 16.6. The third kappa shape index (κ3) is 4.10. The Morgan fingerprint density at radius 1 is 1.17 bits per heavy atom. The minimum Gasteiger partial charge on any atom is -0.468 e. The van der Waals surface area contributed by atoms with Gasteiger partial charge in [0.2, 0.25) is 0 Å². The van der Waals surface area contributed by atoms with Gasteiger partial charge in [0.25, 0.3) is 0 Å². The lowest BCUT2D eigenvalue weighted by atomic mass is 9.91. The molecule has 1 aliphatic rings. The molecule has 5 nitrogen and oxygen atoms in total. The molecule has 1 fully saturated rings. The molecule has 1 aliphatic heterocycles. The molecular weight excluding hydrogens is 294 g/mol. The van der Waals surface area contributed by atoms with Gasteiger partial charge < -0.3 is 9.47 Å². The fourth-order valence-corrected chi connectivity index (χ4v) is 2.95. The third-order valence-corrected chi connectivity index (χ3v) is 3.99. The predicted molar refractivity (Wildman–Crippen MR) is 86.8 cm³/mol. The zero-order valence-electron chi connectivity index (χ0n) is 14.4. The zero-order valence-corrected chi connectivity index (χ0v) is 14.4. The molecular formula is C18H25NO4. The van der Waals surface area contributed by atoms with Crippen molar-refractivity contribution in [3.63, 3.8) is 0 Å². The van der Waals surface area contributed by atoms with Crippen molar-refractivity contribution >= 4 is 11.9 Å². The first-order valence-electron chi connectivity index (χ1n) is 7.85. The minimum absolute atomic E-state index is 0.254. The van der Waals surface area contributed by atoms with Crippen molar-refractivity contribution in [2.75, 3.05) is 7.11 Å². The van der Waals surface area contributed by atoms with E-state index in [-0.39, 0.29) is 18.0 Å². The first kappa shape index (κ1) is 17.5. The van der Waals surface area contributed by atoms with E-state index in [1.807, 2.05) is 52.0 Å². The topological polar surface area (TPSA) is 64.6 Å². The van der Waals surface area contributed by atoms with Gasteiger partial charge in [-0.25, -0.2) is 0 Å². The standard InChI is InChI=1S/C18H25NO4/c1-11-8-6-7-9-12(11)15-13(16(20)23-18(2,3)4)10-14(19-15)17(21)22-5/h6-9,13-15,19H,10H2,1-5H3/t13-,14-,15-/m0/s1. The van der Waals surface area contributed by atoms with Gasteiger partial charge in [0.05, 0.1) is 13.0 Å². The quantitative estimate of drug-likeness (QED) is 0.867. The van der Waals surface area contributed by atoms with E-state index in [0.29, 0.717) is 6.42 Å². The first-order chi connectivity index (χ1) is 10.7. The lowest BCUT2D eigenvalue weighted by Gasteiger charge is -2.25. The van der Waals surface area contributed by atoms with Crippen LogP contribution in [0.15, 0.2) is 24.3 Å². The molecule has 1 aromatic rings. The second kappa shape index (κ2) is 6.71. The van der Waals surface area contributed by atoms with E-state index in [4.69, 9.17) is 9.47 Å². The second-order valence-electron chi connectivity index (χ2n) is 6.95. The van der Waals surface area contributed by atoms with Crippen LogP contribution in [0, 0.1) is 12.8 Å². The summed E-state index contributed by atoms with van der Waals surface area (Å²) >= 11 is 0. The Kier molecular flexibility index (Phi) is 5.09. The average molecular weight is 319 g/mol. The molecule has 0 unspecified atom stereocenters. The van der Waals surface area contributed by atoms with Crippen LogP contribution in [0.5, 0.6) is 0 Å². The van der Waals surface area contributed by atoms with Crippen LogP contribution in [0.1, 0.15) is 44.4 Å². The molecule has 1 N–H and O–H groups in total. The molecule has 0 aliphatic carbocycles. The summed E-state index contributed by atoms with van der Waals surface area (Å²) in [5, 5.41) is 3.24. The van der Waals surface area contributed by atoms with Crippen molar-refractivity contribution in [1.82, 2.24) is 5.32 Å². The number of aryl methyl sites for hydroxylation is 1. The Bertz CT molecular complexity index is 591. The van der Waals surface area contributed by atoms with Crippen LogP contribution in [-0.2, 0) is 19.1 Å². The van der Waals surface area contributed by atoms with E-state index in [9.17, 15) is 9.59 Å². The van der Waals surface area contributed by atoms with Crippen LogP contribution in [0.2, 0.25) is 0 Å². The van der Waals surface area contributed by atoms with Gasteiger partial charge >= 0.3 is 11.9 Å². The minimum atomic E-state index is -0.559. The molecule has 0 aromatic heterocycles. The number of ether oxygens (including phenoxy) is 2. The van der Waals surface area contributed by atoms with Crippen molar-refractivity contribution in [2.45, 2.75) is 51.8 Å². The number of hydrogen-bond donors (Lipinski definition) is 1. The Balaban J connectivity index is 2.30. The smallest absolute Gasteiger partial charge is 0.322 e. The fraction of sp³-hybridized carbons (Fsp3) is 0.556. The number of carbonyl (C=O) groups is 2. The lowest BCUT2D eigenvalue weighted by molar-refractivity contribution is -0.160. The monoisotopic (exact) mass is 319 g/mol. The van der Waals surface area contributed by atoms with E-state index >= 15 is 0 Å². The second-order valence-corrected chi connectivity index (χ2v) is 6.95. The van der Waals surface area contributed by atoms with E-state index in [1.165, 1.54) is 7.11 Å². The summed E-state index contributed by atoms with van der Waals surface area (Å²) in [6, 6.07) is 7.10. The lowest BCUT2D eigenvalue weighted by Crippen LogP contribution is -2.34. The summed E-state index contributed by atoms with van der Waals surface area (Å²) in [5.74, 6) is -1.06. The van der Waals surface area contributed by atoms with Gasteiger partial charge in [0.15, 0.2) is 0 Å². The molecule has 0 spiro atoms. The van der Waals surface area contributed by atoms with Gasteiger partial charge in [-0.1, -0.05) is 24.3 Å². The van der Waals surface area contributed by atoms with Gasteiger partial charge in [-0.05, 0) is 45.2 Å². The largest absolute Gasteiger partial charge is 0.468 e. The highest BCUT2D eigenvalue weighted by molar-refractivity contribution is 5.80. The van der Waals surface area contributed by atoms with Gasteiger partial charge in [0, 0.05) is 6.04 Å². The van der Waals surface area contributed by atoms with E-state index in [2.05, 4.69) is 5.32 Å². The van der Waals surface area contributed by atoms with E-state index in [1.54, 1.807) is 0 Å². The summed E-state index contributed by atoms with van der Waals surface area (Å²) in [5.41, 5.74) is 1.52. The molecule has 3 atom stereocenters. The molecule has 126 valence electrons. The maximum absolute atomic E-state index is 12.6. The molecule has 0 amide bonds. The molecule has 0 saturated carbocycles. The fourth-order valence-electron chi connectivity index (χ4n) is 2.95. The third-order valence-electron chi connectivity index (χ3n) is 3.99.